The smallest absolute Gasteiger partial charge is 0.374 e. The van der Waals surface area contributed by atoms with Gasteiger partial charge in [0.25, 0.3) is 0 Å². The average Bonchev–Trinajstić information content (AvgIpc) is 3.07. The van der Waals surface area contributed by atoms with E-state index in [1.165, 1.54) is 20.2 Å². The number of amides is 2. The van der Waals surface area contributed by atoms with E-state index in [1.807, 2.05) is 0 Å². The summed E-state index contributed by atoms with van der Waals surface area (Å²) in [6, 6.07) is 8.12. The van der Waals surface area contributed by atoms with Crippen LogP contribution < -0.4 is 10.6 Å². The number of halogens is 3. The molecule has 2 aromatic rings. The zero-order valence-electron chi connectivity index (χ0n) is 16.0. The molecule has 2 unspecified atom stereocenters. The molecule has 1 aromatic heterocycles. The fourth-order valence-electron chi connectivity index (χ4n) is 2.97. The van der Waals surface area contributed by atoms with Crippen LogP contribution in [0.5, 0.6) is 0 Å². The van der Waals surface area contributed by atoms with Gasteiger partial charge in [-0.2, -0.15) is 13.2 Å². The normalized spacial score (nSPS) is 14.7. The molecule has 3 N–H and O–H groups in total. The van der Waals surface area contributed by atoms with E-state index in [2.05, 4.69) is 15.6 Å². The van der Waals surface area contributed by atoms with Gasteiger partial charge in [-0.05, 0) is 5.56 Å². The predicted octanol–water partition coefficient (Wildman–Crippen LogP) is 1.94. The van der Waals surface area contributed by atoms with E-state index in [4.69, 9.17) is 0 Å². The summed E-state index contributed by atoms with van der Waals surface area (Å²) in [5.41, 5.74) is -2.51. The van der Waals surface area contributed by atoms with Crippen molar-refractivity contribution >= 4 is 11.8 Å². The molecule has 158 valence electrons. The second-order valence-corrected chi connectivity index (χ2v) is 6.69. The Morgan fingerprint density at radius 1 is 1.24 bits per heavy atom. The number of carbonyl (C=O) groups excluding carboxylic acids is 2. The third-order valence-corrected chi connectivity index (χ3v) is 4.44. The molecular weight excluding hydrogens is 389 g/mol. The lowest BCUT2D eigenvalue weighted by Gasteiger charge is -2.30. The zero-order valence-corrected chi connectivity index (χ0v) is 16.0. The molecule has 0 bridgehead atoms. The highest BCUT2D eigenvalue weighted by Crippen LogP contribution is 2.40. The van der Waals surface area contributed by atoms with Crippen molar-refractivity contribution in [1.82, 2.24) is 20.2 Å². The van der Waals surface area contributed by atoms with Gasteiger partial charge in [-0.3, -0.25) is 9.59 Å². The van der Waals surface area contributed by atoms with Crippen LogP contribution in [0.1, 0.15) is 37.2 Å². The number of imidazole rings is 1. The third-order valence-electron chi connectivity index (χ3n) is 4.44. The first kappa shape index (κ1) is 22.4. The monoisotopic (exact) mass is 412 g/mol. The Morgan fingerprint density at radius 2 is 1.90 bits per heavy atom. The number of hydrogen-bond acceptors (Lipinski definition) is 4. The number of alkyl halides is 3. The van der Waals surface area contributed by atoms with Crippen molar-refractivity contribution in [2.75, 3.05) is 6.54 Å². The van der Waals surface area contributed by atoms with E-state index in [-0.39, 0.29) is 12.3 Å². The zero-order chi connectivity index (χ0) is 21.7. The molecular formula is C19H23F3N4O3. The molecule has 1 heterocycles. The van der Waals surface area contributed by atoms with Crippen molar-refractivity contribution in [2.24, 2.45) is 7.05 Å². The number of carbonyl (C=O) groups is 2. The lowest BCUT2D eigenvalue weighted by atomic mass is 9.97. The van der Waals surface area contributed by atoms with Crippen LogP contribution in [0.25, 0.3) is 0 Å². The number of benzene rings is 1. The van der Waals surface area contributed by atoms with E-state index in [0.29, 0.717) is 5.56 Å². The van der Waals surface area contributed by atoms with E-state index < -0.39 is 42.5 Å². The molecule has 0 aliphatic rings. The summed E-state index contributed by atoms with van der Waals surface area (Å²) >= 11 is 0. The molecule has 2 atom stereocenters. The van der Waals surface area contributed by atoms with Gasteiger partial charge in [0.2, 0.25) is 17.4 Å². The van der Waals surface area contributed by atoms with Gasteiger partial charge in [0.1, 0.15) is 5.82 Å². The largest absolute Gasteiger partial charge is 0.424 e. The van der Waals surface area contributed by atoms with Gasteiger partial charge >= 0.3 is 6.18 Å². The Bertz CT molecular complexity index is 839. The minimum Gasteiger partial charge on any atom is -0.374 e. The lowest BCUT2D eigenvalue weighted by molar-refractivity contribution is -0.272. The van der Waals surface area contributed by atoms with Crippen molar-refractivity contribution in [2.45, 2.75) is 37.6 Å². The molecule has 0 radical (unpaired) electrons. The van der Waals surface area contributed by atoms with Gasteiger partial charge in [0.15, 0.2) is 0 Å². The summed E-state index contributed by atoms with van der Waals surface area (Å²) in [5.74, 6) is -1.45. The van der Waals surface area contributed by atoms with Crippen LogP contribution in [-0.2, 0) is 22.2 Å². The number of aliphatic hydroxyl groups is 1. The van der Waals surface area contributed by atoms with Crippen LogP contribution in [0.4, 0.5) is 13.2 Å². The van der Waals surface area contributed by atoms with E-state index in [9.17, 15) is 27.9 Å². The molecule has 0 fully saturated rings. The summed E-state index contributed by atoms with van der Waals surface area (Å²) < 4.78 is 41.5. The summed E-state index contributed by atoms with van der Waals surface area (Å²) in [5, 5.41) is 15.3. The molecule has 2 amide bonds. The van der Waals surface area contributed by atoms with Gasteiger partial charge in [0.05, 0.1) is 12.5 Å². The second kappa shape index (κ2) is 9.08. The summed E-state index contributed by atoms with van der Waals surface area (Å²) in [4.78, 5) is 27.3. The molecule has 1 aromatic carbocycles. The number of aryl methyl sites for hydroxylation is 1. The van der Waals surface area contributed by atoms with Crippen molar-refractivity contribution in [3.63, 3.8) is 0 Å². The van der Waals surface area contributed by atoms with Gasteiger partial charge in [0, 0.05) is 39.3 Å². The van der Waals surface area contributed by atoms with Crippen LogP contribution in [0, 0.1) is 0 Å². The van der Waals surface area contributed by atoms with Crippen LogP contribution >= 0.6 is 0 Å². The molecule has 2 rings (SSSR count). The fourth-order valence-corrected chi connectivity index (χ4v) is 2.97. The van der Waals surface area contributed by atoms with E-state index in [1.54, 1.807) is 30.3 Å². The molecule has 0 aliphatic carbocycles. The van der Waals surface area contributed by atoms with Crippen LogP contribution in [0.3, 0.4) is 0 Å². The molecule has 0 saturated heterocycles. The number of nitrogens with one attached hydrogen (secondary N) is 2. The summed E-state index contributed by atoms with van der Waals surface area (Å²) in [6.45, 7) is 0.882. The van der Waals surface area contributed by atoms with Crippen molar-refractivity contribution in [3.05, 3.63) is 54.1 Å². The number of nitrogens with zero attached hydrogens (tertiary/aromatic N) is 2. The minimum absolute atomic E-state index is 0.156. The van der Waals surface area contributed by atoms with Crippen molar-refractivity contribution in [3.8, 4) is 0 Å². The maximum Gasteiger partial charge on any atom is 0.424 e. The highest BCUT2D eigenvalue weighted by Gasteiger charge is 2.57. The maximum absolute atomic E-state index is 13.5. The predicted molar refractivity (Wildman–Crippen MR) is 98.4 cm³/mol. The highest BCUT2D eigenvalue weighted by molar-refractivity contribution is 5.79. The summed E-state index contributed by atoms with van der Waals surface area (Å²) in [6.07, 6.45) is -3.48. The molecule has 0 saturated carbocycles. The highest BCUT2D eigenvalue weighted by atomic mass is 19.4. The van der Waals surface area contributed by atoms with E-state index in [0.717, 1.165) is 10.8 Å². The number of hydrogen-bond donors (Lipinski definition) is 3. The topological polar surface area (TPSA) is 96.2 Å². The summed E-state index contributed by atoms with van der Waals surface area (Å²) in [7, 11) is 1.34. The maximum atomic E-state index is 13.5. The first-order chi connectivity index (χ1) is 13.5. The molecule has 7 nitrogen and oxygen atoms in total. The second-order valence-electron chi connectivity index (χ2n) is 6.69. The Labute approximate surface area is 165 Å². The fraction of sp³-hybridized carbons (Fsp3) is 0.421. The SMILES string of the molecule is CC(=O)NC(CC(=O)NCCC(O)(c1nccn1C)C(F)(F)F)c1ccccc1. The van der Waals surface area contributed by atoms with Gasteiger partial charge < -0.3 is 20.3 Å². The van der Waals surface area contributed by atoms with Crippen molar-refractivity contribution in [1.29, 1.82) is 0 Å². The van der Waals surface area contributed by atoms with Crippen LogP contribution in [-0.4, -0.2) is 39.2 Å². The van der Waals surface area contributed by atoms with Gasteiger partial charge in [-0.1, -0.05) is 30.3 Å². The van der Waals surface area contributed by atoms with Crippen LogP contribution in [0.15, 0.2) is 42.7 Å². The Morgan fingerprint density at radius 3 is 2.41 bits per heavy atom. The standard InChI is InChI=1S/C19H23F3N4O3/c1-13(27)25-15(14-6-4-3-5-7-14)12-16(28)23-9-8-18(29,19(20,21)22)17-24-10-11-26(17)2/h3-7,10-11,15,29H,8-9,12H2,1-2H3,(H,23,28)(H,25,27). The number of rotatable bonds is 8. The molecule has 10 heteroatoms. The lowest BCUT2D eigenvalue weighted by Crippen LogP contribution is -2.46. The molecule has 0 aliphatic heterocycles. The Hall–Kier alpha value is -2.88. The molecule has 0 spiro atoms. The molecule has 29 heavy (non-hydrogen) atoms. The quantitative estimate of drug-likeness (QED) is 0.618. The first-order valence-electron chi connectivity index (χ1n) is 8.90. The number of aromatic nitrogens is 2. The van der Waals surface area contributed by atoms with Crippen LogP contribution in [0.2, 0.25) is 0 Å². The van der Waals surface area contributed by atoms with Gasteiger partial charge in [-0.15, -0.1) is 0 Å². The van der Waals surface area contributed by atoms with Crippen molar-refractivity contribution < 1.29 is 27.9 Å². The first-order valence-corrected chi connectivity index (χ1v) is 8.90. The minimum atomic E-state index is -4.97. The third kappa shape index (κ3) is 5.57. The van der Waals surface area contributed by atoms with Gasteiger partial charge in [-0.25, -0.2) is 4.98 Å². The average molecular weight is 412 g/mol. The Balaban J connectivity index is 2.03. The van der Waals surface area contributed by atoms with E-state index >= 15 is 0 Å². The Kier molecular flexibility index (Phi) is 7.02.